The summed E-state index contributed by atoms with van der Waals surface area (Å²) < 4.78 is 49.1. The van der Waals surface area contributed by atoms with E-state index in [0.717, 1.165) is 18.2 Å². The van der Waals surface area contributed by atoms with E-state index in [1.54, 1.807) is 42.5 Å². The smallest absolute Gasteiger partial charge is 0.238 e. The normalized spacial score (nSPS) is 11.4. The van der Waals surface area contributed by atoms with Crippen LogP contribution >= 0.6 is 0 Å². The second kappa shape index (κ2) is 8.40. The zero-order valence-corrected chi connectivity index (χ0v) is 18.0. The molecule has 0 saturated carbocycles. The maximum atomic E-state index is 14.8. The van der Waals surface area contributed by atoms with Crippen LogP contribution in [-0.4, -0.2) is 32.6 Å². The lowest BCUT2D eigenvalue weighted by Gasteiger charge is -2.15. The Bertz CT molecular complexity index is 1400. The van der Waals surface area contributed by atoms with Crippen LogP contribution in [0.1, 0.15) is 0 Å². The van der Waals surface area contributed by atoms with Gasteiger partial charge in [-0.1, -0.05) is 12.1 Å². The molecule has 4 rings (SSSR count). The third kappa shape index (κ3) is 4.32. The Balaban J connectivity index is 1.93. The lowest BCUT2D eigenvalue weighted by atomic mass is 10.1. The maximum Gasteiger partial charge on any atom is 0.238 e. The number of anilines is 2. The highest BCUT2D eigenvalue weighted by Crippen LogP contribution is 2.34. The number of primary sulfonamides is 1. The maximum absolute atomic E-state index is 14.8. The number of halogens is 1. The van der Waals surface area contributed by atoms with E-state index in [2.05, 4.69) is 15.3 Å². The number of aromatic nitrogens is 2. The van der Waals surface area contributed by atoms with Gasteiger partial charge in [0.1, 0.15) is 23.0 Å². The van der Waals surface area contributed by atoms with Crippen molar-refractivity contribution in [3.63, 3.8) is 0 Å². The molecule has 0 fully saturated rings. The molecule has 10 heteroatoms. The number of nitrogens with one attached hydrogen (secondary N) is 1. The van der Waals surface area contributed by atoms with Crippen molar-refractivity contribution in [2.24, 2.45) is 5.14 Å². The molecule has 0 spiro atoms. The lowest BCUT2D eigenvalue weighted by Crippen LogP contribution is -2.12. The zero-order chi connectivity index (χ0) is 22.9. The highest BCUT2D eigenvalue weighted by Gasteiger charge is 2.19. The Hall–Kier alpha value is -3.76. The molecule has 4 aromatic rings. The van der Waals surface area contributed by atoms with Gasteiger partial charge in [-0.3, -0.25) is 0 Å². The fourth-order valence-corrected chi connectivity index (χ4v) is 3.69. The SMILES string of the molecule is COc1cc(Nc2nc3ccccc3nc2-c2cc(S(N)(=O)=O)ccc2F)cc(OC)c1. The fraction of sp³-hybridized carbons (Fsp3) is 0.0909. The van der Waals surface area contributed by atoms with E-state index < -0.39 is 15.8 Å². The Morgan fingerprint density at radius 1 is 0.906 bits per heavy atom. The molecule has 3 N–H and O–H groups in total. The number of fused-ring (bicyclic) bond motifs is 1. The average Bonchev–Trinajstić information content (AvgIpc) is 2.78. The van der Waals surface area contributed by atoms with Gasteiger partial charge in [-0.2, -0.15) is 0 Å². The molecule has 1 aromatic heterocycles. The summed E-state index contributed by atoms with van der Waals surface area (Å²) in [5, 5.41) is 8.36. The molecule has 32 heavy (non-hydrogen) atoms. The van der Waals surface area contributed by atoms with Gasteiger partial charge in [0.05, 0.1) is 30.1 Å². The molecular weight excluding hydrogens is 435 g/mol. The quantitative estimate of drug-likeness (QED) is 0.455. The van der Waals surface area contributed by atoms with Crippen molar-refractivity contribution in [2.75, 3.05) is 19.5 Å². The third-order valence-corrected chi connectivity index (χ3v) is 5.62. The number of nitrogens with two attached hydrogens (primary N) is 1. The number of methoxy groups -OCH3 is 2. The van der Waals surface area contributed by atoms with E-state index in [9.17, 15) is 12.8 Å². The van der Waals surface area contributed by atoms with Gasteiger partial charge in [0.2, 0.25) is 10.0 Å². The van der Waals surface area contributed by atoms with Crippen LogP contribution in [0.15, 0.2) is 65.6 Å². The second-order valence-corrected chi connectivity index (χ2v) is 8.38. The molecule has 0 radical (unpaired) electrons. The van der Waals surface area contributed by atoms with Gasteiger partial charge in [0.25, 0.3) is 0 Å². The van der Waals surface area contributed by atoms with Crippen molar-refractivity contribution < 1.29 is 22.3 Å². The predicted octanol–water partition coefficient (Wildman–Crippen LogP) is 3.84. The van der Waals surface area contributed by atoms with E-state index in [4.69, 9.17) is 14.6 Å². The van der Waals surface area contributed by atoms with E-state index in [1.807, 2.05) is 0 Å². The van der Waals surface area contributed by atoms with Crippen LogP contribution in [-0.2, 0) is 10.0 Å². The van der Waals surface area contributed by atoms with Crippen LogP contribution in [0.3, 0.4) is 0 Å². The number of ether oxygens (including phenoxy) is 2. The van der Waals surface area contributed by atoms with Gasteiger partial charge in [0.15, 0.2) is 5.82 Å². The summed E-state index contributed by atoms with van der Waals surface area (Å²) in [6, 6.07) is 15.5. The summed E-state index contributed by atoms with van der Waals surface area (Å²) >= 11 is 0. The molecule has 164 valence electrons. The highest BCUT2D eigenvalue weighted by molar-refractivity contribution is 7.89. The number of para-hydroxylation sites is 2. The number of hydrogen-bond donors (Lipinski definition) is 2. The molecule has 0 aliphatic heterocycles. The first-order valence-corrected chi connectivity index (χ1v) is 10.9. The second-order valence-electron chi connectivity index (χ2n) is 6.82. The van der Waals surface area contributed by atoms with Crippen molar-refractivity contribution in [1.29, 1.82) is 0 Å². The van der Waals surface area contributed by atoms with Crippen LogP contribution in [0.25, 0.3) is 22.3 Å². The van der Waals surface area contributed by atoms with Crippen molar-refractivity contribution in [1.82, 2.24) is 9.97 Å². The lowest BCUT2D eigenvalue weighted by molar-refractivity contribution is 0.395. The first kappa shape index (κ1) is 21.5. The number of sulfonamides is 1. The van der Waals surface area contributed by atoms with Crippen molar-refractivity contribution >= 4 is 32.6 Å². The molecule has 0 atom stereocenters. The van der Waals surface area contributed by atoms with Gasteiger partial charge in [-0.05, 0) is 30.3 Å². The average molecular weight is 454 g/mol. The van der Waals surface area contributed by atoms with E-state index in [1.165, 1.54) is 14.2 Å². The number of benzene rings is 3. The molecule has 0 unspecified atom stereocenters. The van der Waals surface area contributed by atoms with E-state index in [-0.39, 0.29) is 22.0 Å². The summed E-state index contributed by atoms with van der Waals surface area (Å²) in [5.74, 6) is 0.604. The minimum atomic E-state index is -4.05. The number of rotatable bonds is 6. The zero-order valence-electron chi connectivity index (χ0n) is 17.2. The Kier molecular flexibility index (Phi) is 5.64. The van der Waals surface area contributed by atoms with Gasteiger partial charge < -0.3 is 14.8 Å². The highest BCUT2D eigenvalue weighted by atomic mass is 32.2. The molecule has 0 aliphatic rings. The topological polar surface area (TPSA) is 116 Å². The molecule has 3 aromatic carbocycles. The van der Waals surface area contributed by atoms with Gasteiger partial charge in [-0.25, -0.2) is 27.9 Å². The van der Waals surface area contributed by atoms with Gasteiger partial charge >= 0.3 is 0 Å². The van der Waals surface area contributed by atoms with Crippen LogP contribution in [0.2, 0.25) is 0 Å². The standard InChI is InChI=1S/C22H19FN4O4S/c1-30-14-9-13(10-15(11-14)31-2)25-22-21(26-19-5-3-4-6-20(19)27-22)17-12-16(32(24,28)29)7-8-18(17)23/h3-12H,1-2H3,(H,25,27)(H2,24,28,29). The van der Waals surface area contributed by atoms with Crippen LogP contribution < -0.4 is 19.9 Å². The minimum absolute atomic E-state index is 0.0628. The predicted molar refractivity (Wildman–Crippen MR) is 119 cm³/mol. The first-order valence-electron chi connectivity index (χ1n) is 9.38. The summed E-state index contributed by atoms with van der Waals surface area (Å²) in [6.07, 6.45) is 0. The summed E-state index contributed by atoms with van der Waals surface area (Å²) in [7, 11) is -1.01. The summed E-state index contributed by atoms with van der Waals surface area (Å²) in [5.41, 5.74) is 1.68. The summed E-state index contributed by atoms with van der Waals surface area (Å²) in [4.78, 5) is 8.90. The molecule has 8 nitrogen and oxygen atoms in total. The molecule has 0 bridgehead atoms. The molecule has 1 heterocycles. The van der Waals surface area contributed by atoms with Crippen molar-refractivity contribution in [3.8, 4) is 22.8 Å². The van der Waals surface area contributed by atoms with E-state index >= 15 is 0 Å². The molecular formula is C22H19FN4O4S. The van der Waals surface area contributed by atoms with Crippen LogP contribution in [0.4, 0.5) is 15.9 Å². The number of hydrogen-bond acceptors (Lipinski definition) is 7. The van der Waals surface area contributed by atoms with Crippen LogP contribution in [0.5, 0.6) is 11.5 Å². The van der Waals surface area contributed by atoms with Gasteiger partial charge in [0, 0.05) is 29.4 Å². The fourth-order valence-electron chi connectivity index (χ4n) is 3.15. The Labute approximate surface area is 183 Å². The molecule has 0 aliphatic carbocycles. The first-order chi connectivity index (χ1) is 15.3. The Morgan fingerprint density at radius 3 is 2.12 bits per heavy atom. The number of nitrogens with zero attached hydrogens (tertiary/aromatic N) is 2. The third-order valence-electron chi connectivity index (χ3n) is 4.71. The van der Waals surface area contributed by atoms with E-state index in [0.29, 0.717) is 28.2 Å². The Morgan fingerprint density at radius 2 is 1.53 bits per heavy atom. The van der Waals surface area contributed by atoms with Crippen LogP contribution in [0, 0.1) is 5.82 Å². The minimum Gasteiger partial charge on any atom is -0.497 e. The van der Waals surface area contributed by atoms with Gasteiger partial charge in [-0.15, -0.1) is 0 Å². The largest absolute Gasteiger partial charge is 0.497 e. The molecule has 0 saturated heterocycles. The summed E-state index contributed by atoms with van der Waals surface area (Å²) in [6.45, 7) is 0. The van der Waals surface area contributed by atoms with Crippen molar-refractivity contribution in [2.45, 2.75) is 4.90 Å². The molecule has 0 amide bonds. The van der Waals surface area contributed by atoms with Crippen molar-refractivity contribution in [3.05, 3.63) is 66.5 Å². The monoisotopic (exact) mass is 454 g/mol.